The number of nitrogens with one attached hydrogen (secondary N) is 2. The molecule has 1 aromatic carbocycles. The predicted octanol–water partition coefficient (Wildman–Crippen LogP) is 2.48. The van der Waals surface area contributed by atoms with Crippen LogP contribution in [-0.4, -0.2) is 48.1 Å². The quantitative estimate of drug-likeness (QED) is 0.651. The number of pyridine rings is 1. The third kappa shape index (κ3) is 4.31. The summed E-state index contributed by atoms with van der Waals surface area (Å²) in [5, 5.41) is 14.5. The first-order chi connectivity index (χ1) is 15.8. The minimum atomic E-state index is -1.24. The highest BCUT2D eigenvalue weighted by Crippen LogP contribution is 2.44. The number of amides is 3. The van der Waals surface area contributed by atoms with Crippen LogP contribution in [0.1, 0.15) is 35.7 Å². The minimum Gasteiger partial charge on any atom is -0.497 e. The summed E-state index contributed by atoms with van der Waals surface area (Å²) in [6.07, 6.45) is 1.36. The number of nitrogens with zero attached hydrogens (tertiary/aromatic N) is 3. The van der Waals surface area contributed by atoms with E-state index < -0.39 is 41.1 Å². The van der Waals surface area contributed by atoms with Crippen molar-refractivity contribution in [2.45, 2.75) is 37.3 Å². The van der Waals surface area contributed by atoms with Crippen molar-refractivity contribution < 1.29 is 23.1 Å². The third-order valence-corrected chi connectivity index (χ3v) is 6.09. The zero-order chi connectivity index (χ0) is 23.8. The van der Waals surface area contributed by atoms with Gasteiger partial charge in [0.05, 0.1) is 24.4 Å². The number of aryl methyl sites for hydroxylation is 1. The smallest absolute Gasteiger partial charge is 0.316 e. The normalized spacial score (nSPS) is 20.8. The van der Waals surface area contributed by atoms with E-state index in [1.165, 1.54) is 12.0 Å². The van der Waals surface area contributed by atoms with Gasteiger partial charge in [-0.3, -0.25) is 9.78 Å². The number of likely N-dealkylation sites (tertiary alicyclic amines) is 1. The summed E-state index contributed by atoms with van der Waals surface area (Å²) in [6, 6.07) is 7.55. The van der Waals surface area contributed by atoms with Gasteiger partial charge in [-0.25, -0.2) is 13.6 Å². The number of halogens is 2. The summed E-state index contributed by atoms with van der Waals surface area (Å²) in [7, 11) is 1.28. The minimum absolute atomic E-state index is 0.00413. The molecule has 2 aliphatic rings. The van der Waals surface area contributed by atoms with Crippen LogP contribution in [0.15, 0.2) is 30.3 Å². The standard InChI is InChI=1S/C23H23F2N5O3/c1-13-4-3-5-18(27-13)23(6-7-23)29-22(32)28-20-15(12-30(9-8-26)21(20)31)19-16(24)10-14(33-2)11-17(19)25/h3-5,10-11,15,20H,6-7,9,12H2,1-2H3,(H2,28,29,32)/t15-,20-/m0/s1. The second-order valence-electron chi connectivity index (χ2n) is 8.31. The third-order valence-electron chi connectivity index (χ3n) is 6.09. The number of ether oxygens (including phenoxy) is 1. The van der Waals surface area contributed by atoms with Crippen LogP contribution in [-0.2, 0) is 10.3 Å². The van der Waals surface area contributed by atoms with E-state index in [-0.39, 0.29) is 24.4 Å². The van der Waals surface area contributed by atoms with E-state index in [1.54, 1.807) is 0 Å². The zero-order valence-electron chi connectivity index (χ0n) is 18.2. The molecule has 1 saturated carbocycles. The Bertz CT molecular complexity index is 1120. The molecule has 172 valence electrons. The molecule has 0 unspecified atom stereocenters. The van der Waals surface area contributed by atoms with Crippen molar-refractivity contribution in [1.82, 2.24) is 20.5 Å². The second-order valence-corrected chi connectivity index (χ2v) is 8.31. The van der Waals surface area contributed by atoms with Crippen LogP contribution in [0.4, 0.5) is 13.6 Å². The molecule has 2 aromatic rings. The number of aromatic nitrogens is 1. The summed E-state index contributed by atoms with van der Waals surface area (Å²) in [6.45, 7) is 1.48. The van der Waals surface area contributed by atoms with Gasteiger partial charge in [0.25, 0.3) is 0 Å². The summed E-state index contributed by atoms with van der Waals surface area (Å²) in [4.78, 5) is 31.4. The van der Waals surface area contributed by atoms with Gasteiger partial charge < -0.3 is 20.3 Å². The number of hydrogen-bond acceptors (Lipinski definition) is 5. The van der Waals surface area contributed by atoms with Gasteiger partial charge >= 0.3 is 6.03 Å². The van der Waals surface area contributed by atoms with E-state index in [0.29, 0.717) is 18.5 Å². The number of methoxy groups -OCH3 is 1. The Balaban J connectivity index is 1.58. The first kappa shape index (κ1) is 22.5. The fraction of sp³-hybridized carbons (Fsp3) is 0.391. The van der Waals surface area contributed by atoms with E-state index in [2.05, 4.69) is 15.6 Å². The average Bonchev–Trinajstić information content (AvgIpc) is 3.49. The fourth-order valence-corrected chi connectivity index (χ4v) is 4.26. The van der Waals surface area contributed by atoms with Gasteiger partial charge in [0, 0.05) is 35.9 Å². The molecule has 0 spiro atoms. The summed E-state index contributed by atoms with van der Waals surface area (Å²) < 4.78 is 34.5. The van der Waals surface area contributed by atoms with Gasteiger partial charge in [0.1, 0.15) is 30.0 Å². The molecule has 1 aromatic heterocycles. The number of urea groups is 1. The fourth-order valence-electron chi connectivity index (χ4n) is 4.26. The zero-order valence-corrected chi connectivity index (χ0v) is 18.2. The van der Waals surface area contributed by atoms with Crippen LogP contribution in [0.5, 0.6) is 5.75 Å². The van der Waals surface area contributed by atoms with Gasteiger partial charge in [-0.2, -0.15) is 5.26 Å². The maximum absolute atomic E-state index is 14.8. The lowest BCUT2D eigenvalue weighted by Crippen LogP contribution is -2.50. The van der Waals surface area contributed by atoms with Crippen molar-refractivity contribution in [1.29, 1.82) is 5.26 Å². The van der Waals surface area contributed by atoms with Gasteiger partial charge in [-0.05, 0) is 31.9 Å². The summed E-state index contributed by atoms with van der Waals surface area (Å²) in [5.74, 6) is -3.38. The Labute approximate surface area is 189 Å². The molecule has 2 fully saturated rings. The highest BCUT2D eigenvalue weighted by Gasteiger charge is 2.49. The van der Waals surface area contributed by atoms with E-state index in [1.807, 2.05) is 31.2 Å². The van der Waals surface area contributed by atoms with Crippen LogP contribution in [0, 0.1) is 29.9 Å². The molecule has 0 radical (unpaired) electrons. The molecular formula is C23H23F2N5O3. The molecule has 8 nitrogen and oxygen atoms in total. The first-order valence-electron chi connectivity index (χ1n) is 10.5. The number of nitriles is 1. The average molecular weight is 455 g/mol. The Kier molecular flexibility index (Phi) is 5.89. The van der Waals surface area contributed by atoms with Crippen LogP contribution < -0.4 is 15.4 Å². The Hall–Kier alpha value is -3.74. The van der Waals surface area contributed by atoms with Gasteiger partial charge in [-0.15, -0.1) is 0 Å². The van der Waals surface area contributed by atoms with E-state index in [4.69, 9.17) is 10.00 Å². The monoisotopic (exact) mass is 455 g/mol. The Morgan fingerprint density at radius 2 is 2.03 bits per heavy atom. The molecule has 1 aliphatic carbocycles. The molecule has 10 heteroatoms. The molecule has 1 saturated heterocycles. The number of rotatable bonds is 6. The molecule has 0 bridgehead atoms. The van der Waals surface area contributed by atoms with Crippen molar-refractivity contribution in [2.75, 3.05) is 20.2 Å². The molecule has 2 heterocycles. The molecule has 2 N–H and O–H groups in total. The maximum atomic E-state index is 14.8. The van der Waals surface area contributed by atoms with Crippen LogP contribution in [0.25, 0.3) is 0 Å². The molecule has 1 aliphatic heterocycles. The van der Waals surface area contributed by atoms with Crippen LogP contribution in [0.3, 0.4) is 0 Å². The highest BCUT2D eigenvalue weighted by molar-refractivity contribution is 5.90. The molecule has 33 heavy (non-hydrogen) atoms. The van der Waals surface area contributed by atoms with E-state index in [9.17, 15) is 18.4 Å². The lowest BCUT2D eigenvalue weighted by atomic mass is 9.92. The van der Waals surface area contributed by atoms with Crippen molar-refractivity contribution in [2.24, 2.45) is 0 Å². The summed E-state index contributed by atoms with van der Waals surface area (Å²) >= 11 is 0. The number of benzene rings is 1. The lowest BCUT2D eigenvalue weighted by Gasteiger charge is -2.23. The Morgan fingerprint density at radius 1 is 1.33 bits per heavy atom. The molecular weight excluding hydrogens is 432 g/mol. The van der Waals surface area contributed by atoms with Gasteiger partial charge in [0.2, 0.25) is 5.91 Å². The second kappa shape index (κ2) is 8.65. The van der Waals surface area contributed by atoms with Crippen molar-refractivity contribution in [3.05, 3.63) is 58.9 Å². The lowest BCUT2D eigenvalue weighted by molar-refractivity contribution is -0.128. The number of carbonyl (C=O) groups is 2. The largest absolute Gasteiger partial charge is 0.497 e. The van der Waals surface area contributed by atoms with Crippen molar-refractivity contribution >= 4 is 11.9 Å². The Morgan fingerprint density at radius 3 is 2.61 bits per heavy atom. The molecule has 3 amide bonds. The number of hydrogen-bond donors (Lipinski definition) is 2. The van der Waals surface area contributed by atoms with Crippen LogP contribution in [0.2, 0.25) is 0 Å². The van der Waals surface area contributed by atoms with Crippen molar-refractivity contribution in [3.63, 3.8) is 0 Å². The highest BCUT2D eigenvalue weighted by atomic mass is 19.1. The predicted molar refractivity (Wildman–Crippen MR) is 113 cm³/mol. The van der Waals surface area contributed by atoms with Gasteiger partial charge in [-0.1, -0.05) is 6.07 Å². The molecule has 4 rings (SSSR count). The molecule has 2 atom stereocenters. The van der Waals surface area contributed by atoms with E-state index >= 15 is 0 Å². The number of carbonyl (C=O) groups excluding carboxylic acids is 2. The van der Waals surface area contributed by atoms with Gasteiger partial charge in [0.15, 0.2) is 0 Å². The van der Waals surface area contributed by atoms with Crippen LogP contribution >= 0.6 is 0 Å². The SMILES string of the molecule is COc1cc(F)c([C@@H]2CN(CC#N)C(=O)[C@H]2NC(=O)NC2(c3cccc(C)n3)CC2)c(F)c1. The topological polar surface area (TPSA) is 107 Å². The first-order valence-corrected chi connectivity index (χ1v) is 10.5. The van der Waals surface area contributed by atoms with Crippen molar-refractivity contribution in [3.8, 4) is 11.8 Å². The maximum Gasteiger partial charge on any atom is 0.316 e. The summed E-state index contributed by atoms with van der Waals surface area (Å²) in [5.41, 5.74) is 0.544. The van der Waals surface area contributed by atoms with E-state index in [0.717, 1.165) is 17.8 Å².